The zero-order valence-corrected chi connectivity index (χ0v) is 12.9. The summed E-state index contributed by atoms with van der Waals surface area (Å²) >= 11 is 0. The highest BCUT2D eigenvalue weighted by Crippen LogP contribution is 2.42. The van der Waals surface area contributed by atoms with E-state index in [9.17, 15) is 4.21 Å². The maximum atomic E-state index is 12.9. The highest BCUT2D eigenvalue weighted by Gasteiger charge is 2.41. The van der Waals surface area contributed by atoms with Crippen molar-refractivity contribution in [3.8, 4) is 0 Å². The summed E-state index contributed by atoms with van der Waals surface area (Å²) in [6.07, 6.45) is 6.59. The molecular formula is C16H23NO2S. The van der Waals surface area contributed by atoms with E-state index >= 15 is 0 Å². The van der Waals surface area contributed by atoms with Crippen LogP contribution in [0.3, 0.4) is 0 Å². The van der Waals surface area contributed by atoms with Crippen molar-refractivity contribution in [3.63, 3.8) is 0 Å². The number of hydrogen-bond donors (Lipinski definition) is 1. The number of anilines is 1. The molecule has 3 rings (SSSR count). The molecule has 0 bridgehead atoms. The minimum Gasteiger partial charge on any atom is -0.398 e. The van der Waals surface area contributed by atoms with E-state index in [-0.39, 0.29) is 10.9 Å². The number of benzene rings is 1. The van der Waals surface area contributed by atoms with Gasteiger partial charge in [-0.25, -0.2) is 0 Å². The van der Waals surface area contributed by atoms with E-state index in [1.54, 1.807) is 0 Å². The second-order valence-electron chi connectivity index (χ2n) is 6.12. The van der Waals surface area contributed by atoms with Crippen LogP contribution in [0.25, 0.3) is 0 Å². The van der Waals surface area contributed by atoms with E-state index in [0.717, 1.165) is 48.4 Å². The molecule has 1 spiro atoms. The maximum absolute atomic E-state index is 12.9. The predicted molar refractivity (Wildman–Crippen MR) is 82.2 cm³/mol. The monoisotopic (exact) mass is 293 g/mol. The molecule has 3 nitrogen and oxygen atoms in total. The third-order valence-corrected chi connectivity index (χ3v) is 6.69. The first-order valence-corrected chi connectivity index (χ1v) is 8.72. The first-order valence-electron chi connectivity index (χ1n) is 7.51. The van der Waals surface area contributed by atoms with Gasteiger partial charge in [-0.2, -0.15) is 0 Å². The minimum atomic E-state index is -0.974. The number of nitrogens with two attached hydrogens (primary N) is 1. The van der Waals surface area contributed by atoms with Crippen LogP contribution >= 0.6 is 0 Å². The second-order valence-corrected chi connectivity index (χ2v) is 7.82. The van der Waals surface area contributed by atoms with Gasteiger partial charge >= 0.3 is 0 Å². The van der Waals surface area contributed by atoms with Gasteiger partial charge in [0.1, 0.15) is 0 Å². The third-order valence-electron chi connectivity index (χ3n) is 4.81. The van der Waals surface area contributed by atoms with Crippen molar-refractivity contribution in [2.24, 2.45) is 0 Å². The van der Waals surface area contributed by atoms with Crippen LogP contribution in [0.1, 0.15) is 44.1 Å². The molecule has 2 unspecified atom stereocenters. The number of hydrogen-bond acceptors (Lipinski definition) is 3. The Balaban J connectivity index is 1.81. The van der Waals surface area contributed by atoms with Crippen molar-refractivity contribution < 1.29 is 8.95 Å². The summed E-state index contributed by atoms with van der Waals surface area (Å²) in [5.41, 5.74) is 7.67. The van der Waals surface area contributed by atoms with Crippen molar-refractivity contribution >= 4 is 16.5 Å². The molecule has 1 saturated carbocycles. The normalized spacial score (nSPS) is 26.8. The Hall–Kier alpha value is -0.870. The SMILES string of the molecule is Cc1c(N)cccc1S(=O)C1CCOC2(CCCC2)C1. The topological polar surface area (TPSA) is 52.3 Å². The summed E-state index contributed by atoms with van der Waals surface area (Å²) in [5, 5.41) is 0.211. The zero-order chi connectivity index (χ0) is 14.2. The van der Waals surface area contributed by atoms with Crippen LogP contribution in [-0.2, 0) is 15.5 Å². The summed E-state index contributed by atoms with van der Waals surface area (Å²) in [6.45, 7) is 2.71. The number of ether oxygens (including phenoxy) is 1. The van der Waals surface area contributed by atoms with Crippen LogP contribution in [0.2, 0.25) is 0 Å². The molecule has 1 saturated heterocycles. The predicted octanol–water partition coefficient (Wildman–Crippen LogP) is 3.18. The fraction of sp³-hybridized carbons (Fsp3) is 0.625. The van der Waals surface area contributed by atoms with Crippen molar-refractivity contribution in [2.75, 3.05) is 12.3 Å². The molecule has 0 aromatic heterocycles. The Labute approximate surface area is 123 Å². The van der Waals surface area contributed by atoms with Gasteiger partial charge in [0, 0.05) is 22.4 Å². The first-order chi connectivity index (χ1) is 9.61. The summed E-state index contributed by atoms with van der Waals surface area (Å²) in [7, 11) is -0.974. The van der Waals surface area contributed by atoms with Gasteiger partial charge in [0.2, 0.25) is 0 Å². The average molecular weight is 293 g/mol. The van der Waals surface area contributed by atoms with Crippen molar-refractivity contribution in [1.82, 2.24) is 0 Å². The van der Waals surface area contributed by atoms with Crippen LogP contribution in [-0.4, -0.2) is 21.7 Å². The second kappa shape index (κ2) is 5.49. The van der Waals surface area contributed by atoms with E-state index in [2.05, 4.69) is 0 Å². The molecule has 0 radical (unpaired) electrons. The van der Waals surface area contributed by atoms with Gasteiger partial charge in [-0.15, -0.1) is 0 Å². The van der Waals surface area contributed by atoms with Crippen LogP contribution < -0.4 is 5.73 Å². The molecule has 2 atom stereocenters. The fourth-order valence-electron chi connectivity index (χ4n) is 3.56. The van der Waals surface area contributed by atoms with E-state index in [1.165, 1.54) is 12.8 Å². The Morgan fingerprint density at radius 3 is 2.85 bits per heavy atom. The quantitative estimate of drug-likeness (QED) is 0.852. The van der Waals surface area contributed by atoms with Crippen molar-refractivity contribution in [1.29, 1.82) is 0 Å². The zero-order valence-electron chi connectivity index (χ0n) is 12.1. The lowest BCUT2D eigenvalue weighted by molar-refractivity contribution is -0.0708. The molecule has 2 N–H and O–H groups in total. The molecule has 1 aliphatic carbocycles. The van der Waals surface area contributed by atoms with Gasteiger partial charge in [0.15, 0.2) is 0 Å². The van der Waals surface area contributed by atoms with Gasteiger partial charge in [-0.1, -0.05) is 18.9 Å². The van der Waals surface area contributed by atoms with E-state index in [0.29, 0.717) is 0 Å². The fourth-order valence-corrected chi connectivity index (χ4v) is 5.32. The lowest BCUT2D eigenvalue weighted by atomic mass is 9.92. The smallest absolute Gasteiger partial charge is 0.0694 e. The van der Waals surface area contributed by atoms with Crippen LogP contribution in [0.15, 0.2) is 23.1 Å². The number of nitrogen functional groups attached to an aromatic ring is 1. The highest BCUT2D eigenvalue weighted by atomic mass is 32.2. The van der Waals surface area contributed by atoms with Crippen LogP contribution in [0.5, 0.6) is 0 Å². The first kappa shape index (κ1) is 14.1. The summed E-state index contributed by atoms with van der Waals surface area (Å²) in [4.78, 5) is 0.907. The lowest BCUT2D eigenvalue weighted by Crippen LogP contribution is -2.41. The average Bonchev–Trinajstić information content (AvgIpc) is 2.89. The Bertz CT molecular complexity index is 523. The van der Waals surface area contributed by atoms with Crippen LogP contribution in [0, 0.1) is 6.92 Å². The van der Waals surface area contributed by atoms with Crippen molar-refractivity contribution in [2.45, 2.75) is 61.2 Å². The highest BCUT2D eigenvalue weighted by molar-refractivity contribution is 7.85. The van der Waals surface area contributed by atoms with Gasteiger partial charge in [-0.05, 0) is 50.3 Å². The standard InChI is InChI=1S/C16H23NO2S/c1-12-14(17)5-4-6-15(12)20(18)13-7-10-19-16(11-13)8-2-3-9-16/h4-6,13H,2-3,7-11,17H2,1H3. The summed E-state index contributed by atoms with van der Waals surface area (Å²) in [5.74, 6) is 0. The summed E-state index contributed by atoms with van der Waals surface area (Å²) < 4.78 is 19.0. The molecule has 1 aromatic rings. The Morgan fingerprint density at radius 2 is 2.10 bits per heavy atom. The molecule has 1 aromatic carbocycles. The molecular weight excluding hydrogens is 270 g/mol. The third kappa shape index (κ3) is 2.51. The molecule has 110 valence electrons. The number of rotatable bonds is 2. The Morgan fingerprint density at radius 1 is 1.35 bits per heavy atom. The molecule has 1 aliphatic heterocycles. The molecule has 2 aliphatic rings. The van der Waals surface area contributed by atoms with Gasteiger partial charge < -0.3 is 10.5 Å². The van der Waals surface area contributed by atoms with Gasteiger partial charge in [0.25, 0.3) is 0 Å². The van der Waals surface area contributed by atoms with Gasteiger partial charge in [0.05, 0.1) is 16.4 Å². The Kier molecular flexibility index (Phi) is 3.87. The molecule has 2 fully saturated rings. The molecule has 1 heterocycles. The van der Waals surface area contributed by atoms with Crippen molar-refractivity contribution in [3.05, 3.63) is 23.8 Å². The van der Waals surface area contributed by atoms with E-state index in [4.69, 9.17) is 10.5 Å². The molecule has 20 heavy (non-hydrogen) atoms. The maximum Gasteiger partial charge on any atom is 0.0694 e. The van der Waals surface area contributed by atoms with Crippen LogP contribution in [0.4, 0.5) is 5.69 Å². The van der Waals surface area contributed by atoms with E-state index < -0.39 is 10.8 Å². The summed E-state index contributed by atoms with van der Waals surface area (Å²) in [6, 6.07) is 5.73. The minimum absolute atomic E-state index is 0.0206. The molecule has 0 amide bonds. The van der Waals surface area contributed by atoms with Gasteiger partial charge in [-0.3, -0.25) is 4.21 Å². The molecule has 4 heteroatoms. The van der Waals surface area contributed by atoms with E-state index in [1.807, 2.05) is 25.1 Å². The lowest BCUT2D eigenvalue weighted by Gasteiger charge is -2.38. The largest absolute Gasteiger partial charge is 0.398 e.